The monoisotopic (exact) mass is 376 g/mol. The molecule has 1 saturated carbocycles. The zero-order chi connectivity index (χ0) is 18.3. The van der Waals surface area contributed by atoms with Crippen LogP contribution in [0.2, 0.25) is 0 Å². The van der Waals surface area contributed by atoms with Crippen LogP contribution in [0.4, 0.5) is 5.95 Å². The molecular weight excluding hydrogens is 348 g/mol. The molecule has 0 spiro atoms. The van der Waals surface area contributed by atoms with Crippen molar-refractivity contribution >= 4 is 17.7 Å². The van der Waals surface area contributed by atoms with E-state index in [1.165, 1.54) is 25.7 Å². The van der Waals surface area contributed by atoms with Crippen LogP contribution in [0.15, 0.2) is 9.68 Å². The van der Waals surface area contributed by atoms with E-state index in [0.29, 0.717) is 11.9 Å². The molecule has 2 aliphatic rings. The van der Waals surface area contributed by atoms with Crippen LogP contribution in [0.5, 0.6) is 0 Å². The largest absolute Gasteiger partial charge is 0.341 e. The van der Waals surface area contributed by atoms with Gasteiger partial charge in [0.2, 0.25) is 11.8 Å². The molecule has 1 aliphatic carbocycles. The Morgan fingerprint density at radius 3 is 2.42 bits per heavy atom. The van der Waals surface area contributed by atoms with E-state index >= 15 is 0 Å². The summed E-state index contributed by atoms with van der Waals surface area (Å²) >= 11 is 1.67. The van der Waals surface area contributed by atoms with Gasteiger partial charge in [-0.25, -0.2) is 0 Å². The predicted octanol–water partition coefficient (Wildman–Crippen LogP) is 4.21. The van der Waals surface area contributed by atoms with Gasteiger partial charge in [-0.3, -0.25) is 4.57 Å². The van der Waals surface area contributed by atoms with Gasteiger partial charge in [0.05, 0.1) is 5.25 Å². The second-order valence-electron chi connectivity index (χ2n) is 7.96. The van der Waals surface area contributed by atoms with Crippen LogP contribution in [0.3, 0.4) is 0 Å². The third kappa shape index (κ3) is 3.61. The molecule has 1 saturated heterocycles. The molecule has 7 nitrogen and oxygen atoms in total. The number of nitrogens with zero attached hydrogens (tertiary/aromatic N) is 6. The fourth-order valence-corrected chi connectivity index (χ4v) is 4.23. The topological polar surface area (TPSA) is 72.9 Å². The van der Waals surface area contributed by atoms with Crippen molar-refractivity contribution in [3.05, 3.63) is 11.7 Å². The molecule has 3 heterocycles. The van der Waals surface area contributed by atoms with Crippen molar-refractivity contribution in [1.82, 2.24) is 24.9 Å². The van der Waals surface area contributed by atoms with Gasteiger partial charge in [0.15, 0.2) is 11.0 Å². The first kappa shape index (κ1) is 17.8. The fourth-order valence-electron chi connectivity index (χ4n) is 3.28. The van der Waals surface area contributed by atoms with E-state index < -0.39 is 0 Å². The lowest BCUT2D eigenvalue weighted by Crippen LogP contribution is -2.34. The van der Waals surface area contributed by atoms with Gasteiger partial charge in [0.1, 0.15) is 0 Å². The summed E-state index contributed by atoms with van der Waals surface area (Å²) in [6, 6.07) is 0.544. The van der Waals surface area contributed by atoms with E-state index in [4.69, 9.17) is 4.52 Å². The summed E-state index contributed by atoms with van der Waals surface area (Å²) in [5, 5.41) is 14.2. The Bertz CT molecular complexity index is 745. The highest BCUT2D eigenvalue weighted by molar-refractivity contribution is 7.99. The van der Waals surface area contributed by atoms with Crippen LogP contribution in [0.1, 0.15) is 82.3 Å². The van der Waals surface area contributed by atoms with Crippen molar-refractivity contribution in [3.8, 4) is 0 Å². The summed E-state index contributed by atoms with van der Waals surface area (Å²) in [4.78, 5) is 6.94. The lowest BCUT2D eigenvalue weighted by atomic mass is 10.00. The van der Waals surface area contributed by atoms with E-state index in [0.717, 1.165) is 35.9 Å². The molecule has 0 bridgehead atoms. The highest BCUT2D eigenvalue weighted by Gasteiger charge is 2.33. The van der Waals surface area contributed by atoms with Gasteiger partial charge in [-0.15, -0.1) is 10.2 Å². The van der Waals surface area contributed by atoms with Gasteiger partial charge < -0.3 is 9.42 Å². The number of thioether (sulfide) groups is 1. The van der Waals surface area contributed by atoms with Gasteiger partial charge in [-0.2, -0.15) is 4.98 Å². The molecule has 2 aromatic heterocycles. The number of hydrogen-bond acceptors (Lipinski definition) is 7. The third-order valence-electron chi connectivity index (χ3n) is 5.23. The van der Waals surface area contributed by atoms with Crippen LogP contribution in [-0.4, -0.2) is 38.0 Å². The summed E-state index contributed by atoms with van der Waals surface area (Å²) < 4.78 is 7.81. The normalized spacial score (nSPS) is 20.1. The smallest absolute Gasteiger partial charge is 0.239 e. The summed E-state index contributed by atoms with van der Waals surface area (Å²) in [5.74, 6) is 3.55. The lowest BCUT2D eigenvalue weighted by molar-refractivity contribution is 0.372. The van der Waals surface area contributed by atoms with Crippen LogP contribution in [-0.2, 0) is 0 Å². The SMILES string of the molecule is CC1CCN(c2nnc(S[C@H](C)c3nc(C(C)C)no3)n2C2CC2)CC1. The first-order valence-electron chi connectivity index (χ1n) is 9.73. The molecule has 1 aliphatic heterocycles. The predicted molar refractivity (Wildman–Crippen MR) is 102 cm³/mol. The number of anilines is 1. The summed E-state index contributed by atoms with van der Waals surface area (Å²) in [6.07, 6.45) is 4.90. The van der Waals surface area contributed by atoms with E-state index in [9.17, 15) is 0 Å². The molecule has 2 fully saturated rings. The lowest BCUT2D eigenvalue weighted by Gasteiger charge is -2.31. The zero-order valence-electron chi connectivity index (χ0n) is 16.1. The van der Waals surface area contributed by atoms with Gasteiger partial charge in [0, 0.05) is 25.0 Å². The molecule has 0 unspecified atom stereocenters. The standard InChI is InChI=1S/C18H28N6OS/c1-11(2)15-19-16(25-22-15)13(4)26-18-21-20-17(24(18)14-5-6-14)23-9-7-12(3)8-10-23/h11-14H,5-10H2,1-4H3/t13-/m1/s1. The van der Waals surface area contributed by atoms with Gasteiger partial charge in [0.25, 0.3) is 0 Å². The molecule has 142 valence electrons. The number of piperidine rings is 1. The van der Waals surface area contributed by atoms with Gasteiger partial charge in [-0.05, 0) is 38.5 Å². The molecular formula is C18H28N6OS. The Morgan fingerprint density at radius 2 is 1.81 bits per heavy atom. The fraction of sp³-hybridized carbons (Fsp3) is 0.778. The zero-order valence-corrected chi connectivity index (χ0v) is 16.9. The average Bonchev–Trinajstić information content (AvgIpc) is 3.17. The van der Waals surface area contributed by atoms with Crippen LogP contribution in [0.25, 0.3) is 0 Å². The highest BCUT2D eigenvalue weighted by atomic mass is 32.2. The van der Waals surface area contributed by atoms with E-state index in [1.54, 1.807) is 11.8 Å². The average molecular weight is 377 g/mol. The first-order chi connectivity index (χ1) is 12.5. The van der Waals surface area contributed by atoms with Gasteiger partial charge in [-0.1, -0.05) is 37.7 Å². The number of hydrogen-bond donors (Lipinski definition) is 0. The minimum Gasteiger partial charge on any atom is -0.341 e. The first-order valence-corrected chi connectivity index (χ1v) is 10.6. The minimum atomic E-state index is 0.0610. The molecule has 8 heteroatoms. The van der Waals surface area contributed by atoms with Gasteiger partial charge >= 0.3 is 0 Å². The van der Waals surface area contributed by atoms with E-state index in [-0.39, 0.29) is 11.2 Å². The van der Waals surface area contributed by atoms with E-state index in [1.807, 2.05) is 0 Å². The molecule has 0 aromatic carbocycles. The summed E-state index contributed by atoms with van der Waals surface area (Å²) in [5.41, 5.74) is 0. The maximum atomic E-state index is 5.46. The van der Waals surface area contributed by atoms with Crippen molar-refractivity contribution in [1.29, 1.82) is 0 Å². The molecule has 4 rings (SSSR count). The Balaban J connectivity index is 1.53. The minimum absolute atomic E-state index is 0.0610. The van der Waals surface area contributed by atoms with Crippen molar-refractivity contribution in [2.24, 2.45) is 5.92 Å². The van der Waals surface area contributed by atoms with Crippen LogP contribution >= 0.6 is 11.8 Å². The Morgan fingerprint density at radius 1 is 1.08 bits per heavy atom. The second kappa shape index (κ2) is 7.21. The molecule has 1 atom stereocenters. The van der Waals surface area contributed by atoms with Crippen molar-refractivity contribution in [2.45, 2.75) is 75.7 Å². The Hall–Kier alpha value is -1.57. The van der Waals surface area contributed by atoms with Crippen molar-refractivity contribution < 1.29 is 4.52 Å². The quantitative estimate of drug-likeness (QED) is 0.699. The van der Waals surface area contributed by atoms with Crippen molar-refractivity contribution in [2.75, 3.05) is 18.0 Å². The van der Waals surface area contributed by atoms with Crippen LogP contribution < -0.4 is 4.90 Å². The molecule has 0 radical (unpaired) electrons. The molecule has 26 heavy (non-hydrogen) atoms. The second-order valence-corrected chi connectivity index (χ2v) is 9.27. The number of rotatable bonds is 6. The molecule has 0 amide bonds. The Kier molecular flexibility index (Phi) is 4.94. The van der Waals surface area contributed by atoms with Crippen LogP contribution in [0, 0.1) is 5.92 Å². The highest BCUT2D eigenvalue weighted by Crippen LogP contribution is 2.44. The summed E-state index contributed by atoms with van der Waals surface area (Å²) in [6.45, 7) is 10.7. The Labute approximate surface area is 158 Å². The third-order valence-corrected chi connectivity index (χ3v) is 6.27. The molecule has 2 aromatic rings. The molecule has 0 N–H and O–H groups in total. The summed E-state index contributed by atoms with van der Waals surface area (Å²) in [7, 11) is 0. The maximum absolute atomic E-state index is 5.46. The maximum Gasteiger partial charge on any atom is 0.239 e. The number of aromatic nitrogens is 5. The van der Waals surface area contributed by atoms with E-state index in [2.05, 4.69) is 57.5 Å². The van der Waals surface area contributed by atoms with Crippen molar-refractivity contribution in [3.63, 3.8) is 0 Å².